The topological polar surface area (TPSA) is 74.7 Å². The third-order valence-electron chi connectivity index (χ3n) is 3.02. The summed E-state index contributed by atoms with van der Waals surface area (Å²) in [6.07, 6.45) is 3.05. The van der Waals surface area contributed by atoms with E-state index < -0.39 is 15.8 Å². The van der Waals surface area contributed by atoms with Crippen molar-refractivity contribution in [1.29, 1.82) is 0 Å². The quantitative estimate of drug-likeness (QED) is 0.905. The summed E-state index contributed by atoms with van der Waals surface area (Å²) < 4.78 is 41.8. The Hall–Kier alpha value is -2.32. The highest BCUT2D eigenvalue weighted by Crippen LogP contribution is 2.32. The first-order chi connectivity index (χ1) is 10.0. The van der Waals surface area contributed by atoms with Crippen molar-refractivity contribution in [2.45, 2.75) is 4.90 Å². The third kappa shape index (κ3) is 2.28. The number of hydrazine groups is 1. The van der Waals surface area contributed by atoms with E-state index in [9.17, 15) is 12.8 Å². The first kappa shape index (κ1) is 13.7. The van der Waals surface area contributed by atoms with Crippen molar-refractivity contribution in [2.24, 2.45) is 4.40 Å². The van der Waals surface area contributed by atoms with Crippen molar-refractivity contribution >= 4 is 21.5 Å². The normalized spacial score (nSPS) is 16.3. The van der Waals surface area contributed by atoms with Crippen molar-refractivity contribution in [3.05, 3.63) is 54.1 Å². The van der Waals surface area contributed by atoms with Crippen LogP contribution in [0.3, 0.4) is 0 Å². The first-order valence-corrected chi connectivity index (χ1v) is 7.49. The lowest BCUT2D eigenvalue weighted by atomic mass is 10.2. The Morgan fingerprint density at radius 3 is 2.57 bits per heavy atom. The molecule has 0 bridgehead atoms. The largest absolute Gasteiger partial charge is 0.286 e. The molecular formula is C13H11FN4O2S. The van der Waals surface area contributed by atoms with E-state index >= 15 is 0 Å². The highest BCUT2D eigenvalue weighted by atomic mass is 32.2. The molecule has 0 unspecified atom stereocenters. The summed E-state index contributed by atoms with van der Waals surface area (Å²) in [7, 11) is -2.28. The van der Waals surface area contributed by atoms with Gasteiger partial charge in [-0.2, -0.15) is 8.42 Å². The molecule has 0 saturated carbocycles. The van der Waals surface area contributed by atoms with Crippen LogP contribution in [0.25, 0.3) is 0 Å². The minimum atomic E-state index is -3.88. The molecule has 0 saturated heterocycles. The van der Waals surface area contributed by atoms with Gasteiger partial charge < -0.3 is 0 Å². The van der Waals surface area contributed by atoms with E-state index in [1.54, 1.807) is 19.2 Å². The van der Waals surface area contributed by atoms with Gasteiger partial charge >= 0.3 is 0 Å². The summed E-state index contributed by atoms with van der Waals surface area (Å²) in [5.74, 6) is -0.363. The van der Waals surface area contributed by atoms with Crippen molar-refractivity contribution < 1.29 is 12.8 Å². The van der Waals surface area contributed by atoms with E-state index in [-0.39, 0.29) is 16.4 Å². The number of aromatic nitrogens is 1. The SMILES string of the molecule is CNN1C(c2ccncc2)=NS(=O)(=O)c2ccc(F)cc21. The molecule has 1 aromatic heterocycles. The zero-order valence-electron chi connectivity index (χ0n) is 11.0. The molecular weight excluding hydrogens is 295 g/mol. The molecule has 108 valence electrons. The zero-order valence-corrected chi connectivity index (χ0v) is 11.8. The van der Waals surface area contributed by atoms with Crippen LogP contribution in [-0.4, -0.2) is 26.3 Å². The zero-order chi connectivity index (χ0) is 15.0. The Morgan fingerprint density at radius 2 is 1.90 bits per heavy atom. The summed E-state index contributed by atoms with van der Waals surface area (Å²) in [6.45, 7) is 0. The Bertz CT molecular complexity index is 821. The van der Waals surface area contributed by atoms with E-state index in [1.165, 1.54) is 23.5 Å². The number of halogens is 1. The molecule has 21 heavy (non-hydrogen) atoms. The molecule has 2 aromatic rings. The number of rotatable bonds is 2. The summed E-state index contributed by atoms with van der Waals surface area (Å²) in [5.41, 5.74) is 3.57. The highest BCUT2D eigenvalue weighted by Gasteiger charge is 2.31. The van der Waals surface area contributed by atoms with Gasteiger partial charge in [0.1, 0.15) is 10.7 Å². The maximum Gasteiger partial charge on any atom is 0.286 e. The number of pyridine rings is 1. The summed E-state index contributed by atoms with van der Waals surface area (Å²) in [5, 5.41) is 1.43. The van der Waals surface area contributed by atoms with Crippen molar-refractivity contribution in [2.75, 3.05) is 12.1 Å². The van der Waals surface area contributed by atoms with Gasteiger partial charge in [0, 0.05) is 31.1 Å². The average molecular weight is 306 g/mol. The number of benzene rings is 1. The van der Waals surface area contributed by atoms with Gasteiger partial charge in [0.2, 0.25) is 0 Å². The summed E-state index contributed by atoms with van der Waals surface area (Å²) >= 11 is 0. The molecule has 0 spiro atoms. The molecule has 1 N–H and O–H groups in total. The molecule has 8 heteroatoms. The molecule has 0 fully saturated rings. The smallest absolute Gasteiger partial charge is 0.265 e. The second-order valence-corrected chi connectivity index (χ2v) is 5.87. The fourth-order valence-electron chi connectivity index (χ4n) is 2.11. The maximum absolute atomic E-state index is 13.5. The Morgan fingerprint density at radius 1 is 1.19 bits per heavy atom. The van der Waals surface area contributed by atoms with Gasteiger partial charge in [0.15, 0.2) is 5.84 Å². The monoisotopic (exact) mass is 306 g/mol. The molecule has 1 aliphatic heterocycles. The summed E-state index contributed by atoms with van der Waals surface area (Å²) in [4.78, 5) is 3.84. The number of amidine groups is 1. The van der Waals surface area contributed by atoms with Gasteiger partial charge in [-0.1, -0.05) is 0 Å². The minimum Gasteiger partial charge on any atom is -0.265 e. The molecule has 0 radical (unpaired) electrons. The molecule has 1 aromatic carbocycles. The lowest BCUT2D eigenvalue weighted by Gasteiger charge is -2.29. The van der Waals surface area contributed by atoms with Crippen molar-refractivity contribution in [3.8, 4) is 0 Å². The predicted octanol–water partition coefficient (Wildman–Crippen LogP) is 1.31. The Kier molecular flexibility index (Phi) is 3.19. The van der Waals surface area contributed by atoms with E-state index in [0.717, 1.165) is 12.1 Å². The van der Waals surface area contributed by atoms with Crippen LogP contribution >= 0.6 is 0 Å². The van der Waals surface area contributed by atoms with Crippen molar-refractivity contribution in [1.82, 2.24) is 10.4 Å². The van der Waals surface area contributed by atoms with Crippen molar-refractivity contribution in [3.63, 3.8) is 0 Å². The molecule has 1 aliphatic rings. The number of hydrogen-bond donors (Lipinski definition) is 1. The number of nitrogens with one attached hydrogen (secondary N) is 1. The maximum atomic E-state index is 13.5. The molecule has 0 aliphatic carbocycles. The summed E-state index contributed by atoms with van der Waals surface area (Å²) in [6, 6.07) is 6.71. The number of hydrogen-bond acceptors (Lipinski definition) is 5. The second kappa shape index (κ2) is 4.90. The number of sulfonamides is 1. The molecule has 2 heterocycles. The Balaban J connectivity index is 2.26. The van der Waals surface area contributed by atoms with E-state index in [4.69, 9.17) is 0 Å². The average Bonchev–Trinajstić information content (AvgIpc) is 2.47. The number of nitrogens with zero attached hydrogens (tertiary/aromatic N) is 3. The highest BCUT2D eigenvalue weighted by molar-refractivity contribution is 7.90. The van der Waals surface area contributed by atoms with Gasteiger partial charge in [-0.05, 0) is 24.3 Å². The van der Waals surface area contributed by atoms with Crippen LogP contribution in [0.5, 0.6) is 0 Å². The van der Waals surface area contributed by atoms with E-state index in [2.05, 4.69) is 14.8 Å². The standard InChI is InChI=1S/C13H11FN4O2S/c1-15-18-11-8-10(14)2-3-12(11)21(19,20)17-13(18)9-4-6-16-7-5-9/h2-8,15H,1H3. The van der Waals surface area contributed by atoms with Crippen LogP contribution < -0.4 is 10.4 Å². The van der Waals surface area contributed by atoms with Crippen LogP contribution in [0.15, 0.2) is 52.0 Å². The van der Waals surface area contributed by atoms with Crippen LogP contribution in [-0.2, 0) is 10.0 Å². The molecule has 3 rings (SSSR count). The number of anilines is 1. The first-order valence-electron chi connectivity index (χ1n) is 6.05. The van der Waals surface area contributed by atoms with Gasteiger partial charge in [-0.25, -0.2) is 9.82 Å². The van der Waals surface area contributed by atoms with Gasteiger partial charge in [0.25, 0.3) is 10.0 Å². The van der Waals surface area contributed by atoms with Crippen LogP contribution in [0.4, 0.5) is 10.1 Å². The van der Waals surface area contributed by atoms with Gasteiger partial charge in [-0.15, -0.1) is 4.40 Å². The van der Waals surface area contributed by atoms with E-state index in [1.807, 2.05) is 0 Å². The van der Waals surface area contributed by atoms with Crippen LogP contribution in [0.1, 0.15) is 5.56 Å². The molecule has 6 nitrogen and oxygen atoms in total. The van der Waals surface area contributed by atoms with Crippen LogP contribution in [0, 0.1) is 5.82 Å². The second-order valence-electron chi connectivity index (χ2n) is 4.30. The van der Waals surface area contributed by atoms with Gasteiger partial charge in [-0.3, -0.25) is 9.99 Å². The van der Waals surface area contributed by atoms with E-state index in [0.29, 0.717) is 5.56 Å². The minimum absolute atomic E-state index is 0.0453. The molecule has 0 amide bonds. The lowest BCUT2D eigenvalue weighted by Crippen LogP contribution is -2.44. The predicted molar refractivity (Wildman–Crippen MR) is 75.9 cm³/mol. The Labute approximate surface area is 121 Å². The lowest BCUT2D eigenvalue weighted by molar-refractivity contribution is 0.594. The van der Waals surface area contributed by atoms with Gasteiger partial charge in [0.05, 0.1) is 5.69 Å². The number of fused-ring (bicyclic) bond motifs is 1. The third-order valence-corrected chi connectivity index (χ3v) is 4.33. The fraction of sp³-hybridized carbons (Fsp3) is 0.0769. The fourth-order valence-corrected chi connectivity index (χ4v) is 3.28. The van der Waals surface area contributed by atoms with Crippen LogP contribution in [0.2, 0.25) is 0 Å². The molecule has 0 atom stereocenters.